The van der Waals surface area contributed by atoms with Crippen LogP contribution in [0.2, 0.25) is 0 Å². The molecule has 0 amide bonds. The molecule has 8 bridgehead atoms. The van der Waals surface area contributed by atoms with E-state index in [0.717, 1.165) is 53.3 Å². The van der Waals surface area contributed by atoms with Crippen LogP contribution in [-0.2, 0) is 0 Å². The molecule has 15 rings (SSSR count). The van der Waals surface area contributed by atoms with E-state index in [4.69, 9.17) is 0 Å². The molecular formula is C60H57N. The first-order chi connectivity index (χ1) is 30.1. The normalized spacial score (nSPS) is 29.3. The number of anilines is 3. The molecule has 0 N–H and O–H groups in total. The highest BCUT2D eigenvalue weighted by molar-refractivity contribution is 5.97. The van der Waals surface area contributed by atoms with Gasteiger partial charge in [-0.3, -0.25) is 0 Å². The van der Waals surface area contributed by atoms with E-state index in [0.29, 0.717) is 5.92 Å². The quantitative estimate of drug-likeness (QED) is 0.148. The first-order valence-electron chi connectivity index (χ1n) is 23.9. The summed E-state index contributed by atoms with van der Waals surface area (Å²) in [6, 6.07) is 62.9. The SMILES string of the molecule is c1ccc(-c2ccc(N(c3ccc(-c4cccc5ccccc45)cc3)c3cc(-c4cccc(C5C6CC7CC(C6)CC5C7)c4)cc(C4C5CC6CC(C5)CC4C6)c3)cc2)cc1. The van der Waals surface area contributed by atoms with E-state index < -0.39 is 0 Å². The molecule has 8 aliphatic carbocycles. The summed E-state index contributed by atoms with van der Waals surface area (Å²) >= 11 is 0. The Morgan fingerprint density at radius 2 is 0.803 bits per heavy atom. The van der Waals surface area contributed by atoms with E-state index in [-0.39, 0.29) is 0 Å². The van der Waals surface area contributed by atoms with Crippen LogP contribution in [0, 0.1) is 47.3 Å². The molecule has 8 aliphatic rings. The highest BCUT2D eigenvalue weighted by Crippen LogP contribution is 2.62. The minimum atomic E-state index is 0.648. The monoisotopic (exact) mass is 791 g/mol. The summed E-state index contributed by atoms with van der Waals surface area (Å²) in [6.45, 7) is 0. The zero-order chi connectivity index (χ0) is 40.0. The first kappa shape index (κ1) is 36.3. The Bertz CT molecular complexity index is 2660. The summed E-state index contributed by atoms with van der Waals surface area (Å²) < 4.78 is 0. The van der Waals surface area contributed by atoms with Crippen molar-refractivity contribution in [1.82, 2.24) is 0 Å². The van der Waals surface area contributed by atoms with Gasteiger partial charge in [-0.15, -0.1) is 0 Å². The third-order valence-electron chi connectivity index (χ3n) is 17.1. The lowest BCUT2D eigenvalue weighted by atomic mass is 9.50. The number of nitrogens with zero attached hydrogens (tertiary/aromatic N) is 1. The van der Waals surface area contributed by atoms with Gasteiger partial charge in [-0.2, -0.15) is 0 Å². The number of hydrogen-bond donors (Lipinski definition) is 0. The topological polar surface area (TPSA) is 3.24 Å². The second kappa shape index (κ2) is 14.6. The van der Waals surface area contributed by atoms with Crippen molar-refractivity contribution in [3.8, 4) is 33.4 Å². The van der Waals surface area contributed by atoms with E-state index in [1.54, 1.807) is 11.1 Å². The fraction of sp³-hybridized carbons (Fsp3) is 0.333. The molecule has 0 unspecified atom stereocenters. The Hall–Kier alpha value is -5.40. The van der Waals surface area contributed by atoms with Gasteiger partial charge in [-0.05, 0) is 215 Å². The molecular weight excluding hydrogens is 735 g/mol. The highest BCUT2D eigenvalue weighted by atomic mass is 15.1. The van der Waals surface area contributed by atoms with Crippen molar-refractivity contribution in [3.63, 3.8) is 0 Å². The van der Waals surface area contributed by atoms with Gasteiger partial charge in [0.2, 0.25) is 0 Å². The molecule has 0 aliphatic heterocycles. The third kappa shape index (κ3) is 6.40. The summed E-state index contributed by atoms with van der Waals surface area (Å²) in [4.78, 5) is 2.56. The van der Waals surface area contributed by atoms with Crippen molar-refractivity contribution in [1.29, 1.82) is 0 Å². The number of benzene rings is 7. The van der Waals surface area contributed by atoms with Gasteiger partial charge in [0.05, 0.1) is 0 Å². The molecule has 61 heavy (non-hydrogen) atoms. The van der Waals surface area contributed by atoms with E-state index in [1.807, 2.05) is 0 Å². The van der Waals surface area contributed by atoms with Crippen LogP contribution in [0.1, 0.15) is 87.2 Å². The molecule has 0 spiro atoms. The molecule has 8 fully saturated rings. The Morgan fingerprint density at radius 1 is 0.311 bits per heavy atom. The second-order valence-electron chi connectivity index (χ2n) is 20.7. The summed E-state index contributed by atoms with van der Waals surface area (Å²) in [6.07, 6.45) is 14.6. The molecule has 1 nitrogen and oxygen atoms in total. The molecule has 0 aromatic heterocycles. The van der Waals surface area contributed by atoms with Gasteiger partial charge in [0.15, 0.2) is 0 Å². The fourth-order valence-electron chi connectivity index (χ4n) is 15.1. The minimum Gasteiger partial charge on any atom is -0.310 e. The van der Waals surface area contributed by atoms with Crippen LogP contribution in [0.25, 0.3) is 44.2 Å². The first-order valence-corrected chi connectivity index (χ1v) is 23.9. The van der Waals surface area contributed by atoms with Crippen LogP contribution in [0.15, 0.2) is 164 Å². The van der Waals surface area contributed by atoms with Crippen LogP contribution in [-0.4, -0.2) is 0 Å². The predicted octanol–water partition coefficient (Wildman–Crippen LogP) is 16.4. The maximum atomic E-state index is 2.66. The Morgan fingerprint density at radius 3 is 1.44 bits per heavy atom. The van der Waals surface area contributed by atoms with Crippen LogP contribution in [0.3, 0.4) is 0 Å². The Kier molecular flexibility index (Phi) is 8.69. The van der Waals surface area contributed by atoms with Gasteiger partial charge in [-0.1, -0.05) is 127 Å². The van der Waals surface area contributed by atoms with Crippen molar-refractivity contribution < 1.29 is 0 Å². The molecule has 0 saturated heterocycles. The molecule has 302 valence electrons. The average molecular weight is 792 g/mol. The van der Waals surface area contributed by atoms with Crippen molar-refractivity contribution in [2.45, 2.75) is 76.0 Å². The smallest absolute Gasteiger partial charge is 0.0470 e. The van der Waals surface area contributed by atoms with Gasteiger partial charge < -0.3 is 4.90 Å². The van der Waals surface area contributed by atoms with E-state index >= 15 is 0 Å². The largest absolute Gasteiger partial charge is 0.310 e. The van der Waals surface area contributed by atoms with Crippen molar-refractivity contribution >= 4 is 27.8 Å². The van der Waals surface area contributed by atoms with Crippen LogP contribution < -0.4 is 4.90 Å². The maximum absolute atomic E-state index is 2.66. The lowest BCUT2D eigenvalue weighted by Gasteiger charge is -2.55. The average Bonchev–Trinajstić information content (AvgIpc) is 3.29. The Labute approximate surface area is 362 Å². The Balaban J connectivity index is 0.952. The lowest BCUT2D eigenvalue weighted by Crippen LogP contribution is -2.43. The summed E-state index contributed by atoms with van der Waals surface area (Å²) in [5.41, 5.74) is 14.7. The van der Waals surface area contributed by atoms with E-state index in [9.17, 15) is 0 Å². The number of fused-ring (bicyclic) bond motifs is 1. The number of rotatable bonds is 8. The van der Waals surface area contributed by atoms with Crippen molar-refractivity contribution in [2.24, 2.45) is 47.3 Å². The van der Waals surface area contributed by atoms with Crippen LogP contribution >= 0.6 is 0 Å². The molecule has 0 atom stereocenters. The summed E-state index contributed by atoms with van der Waals surface area (Å²) in [5.74, 6) is 8.69. The molecule has 0 radical (unpaired) electrons. The molecule has 1 heteroatoms. The molecule has 7 aromatic rings. The summed E-state index contributed by atoms with van der Waals surface area (Å²) in [7, 11) is 0. The van der Waals surface area contributed by atoms with E-state index in [2.05, 4.69) is 169 Å². The van der Waals surface area contributed by atoms with Crippen molar-refractivity contribution in [2.75, 3.05) is 4.90 Å². The molecule has 8 saturated carbocycles. The van der Waals surface area contributed by atoms with Gasteiger partial charge in [0.1, 0.15) is 0 Å². The van der Waals surface area contributed by atoms with Crippen LogP contribution in [0.5, 0.6) is 0 Å². The van der Waals surface area contributed by atoms with E-state index in [1.165, 1.54) is 125 Å². The van der Waals surface area contributed by atoms with Crippen molar-refractivity contribution in [3.05, 3.63) is 175 Å². The summed E-state index contributed by atoms with van der Waals surface area (Å²) in [5, 5.41) is 2.58. The number of hydrogen-bond acceptors (Lipinski definition) is 1. The standard InChI is InChI=1S/C60H57N/c1-2-8-42(9-3-1)43-16-20-54(21-17-43)61(55-22-18-45(19-23-55)58-15-7-11-44-10-4-5-14-57(44)58)56-36-48(35-53(37-56)60-51-30-40-25-41(32-51)33-52(60)31-40)46-12-6-13-47(34-46)59-49-26-38-24-39(28-49)29-50(59)27-38/h1-23,34-41,49-52,59-60H,24-33H2. The second-order valence-corrected chi connectivity index (χ2v) is 20.7. The fourth-order valence-corrected chi connectivity index (χ4v) is 15.1. The van der Waals surface area contributed by atoms with Gasteiger partial charge in [0, 0.05) is 17.1 Å². The molecule has 7 aromatic carbocycles. The van der Waals surface area contributed by atoms with Gasteiger partial charge >= 0.3 is 0 Å². The van der Waals surface area contributed by atoms with Crippen LogP contribution in [0.4, 0.5) is 17.1 Å². The minimum absolute atomic E-state index is 0.648. The lowest BCUT2D eigenvalue weighted by molar-refractivity contribution is -0.00286. The zero-order valence-corrected chi connectivity index (χ0v) is 35.4. The van der Waals surface area contributed by atoms with Gasteiger partial charge in [0.25, 0.3) is 0 Å². The highest BCUT2D eigenvalue weighted by Gasteiger charge is 2.50. The van der Waals surface area contributed by atoms with Gasteiger partial charge in [-0.25, -0.2) is 0 Å². The zero-order valence-electron chi connectivity index (χ0n) is 35.4. The molecule has 0 heterocycles. The predicted molar refractivity (Wildman–Crippen MR) is 255 cm³/mol. The maximum Gasteiger partial charge on any atom is 0.0470 e. The third-order valence-corrected chi connectivity index (χ3v) is 17.1.